The molecule has 26 heavy (non-hydrogen) atoms. The zero-order chi connectivity index (χ0) is 18.5. The summed E-state index contributed by atoms with van der Waals surface area (Å²) >= 11 is 1.21. The molecule has 1 amide bonds. The van der Waals surface area contributed by atoms with Crippen molar-refractivity contribution < 1.29 is 4.79 Å². The van der Waals surface area contributed by atoms with E-state index in [9.17, 15) is 9.59 Å². The molecule has 3 aromatic rings. The fraction of sp³-hybridized carbons (Fsp3) is 0.211. The van der Waals surface area contributed by atoms with Crippen LogP contribution in [0.4, 0.5) is 5.69 Å². The fourth-order valence-electron chi connectivity index (χ4n) is 2.46. The van der Waals surface area contributed by atoms with E-state index in [0.717, 1.165) is 5.69 Å². The number of thioether (sulfide) groups is 1. The normalized spacial score (nSPS) is 10.9. The lowest BCUT2D eigenvalue weighted by atomic mass is 10.0. The summed E-state index contributed by atoms with van der Waals surface area (Å²) in [5, 5.41) is 9.75. The first-order chi connectivity index (χ1) is 12.5. The number of rotatable bonds is 6. The first-order valence-electron chi connectivity index (χ1n) is 8.30. The molecule has 0 atom stereocenters. The van der Waals surface area contributed by atoms with Gasteiger partial charge in [0.2, 0.25) is 5.91 Å². The first kappa shape index (κ1) is 18.0. The lowest BCUT2D eigenvalue weighted by Crippen LogP contribution is -2.17. The van der Waals surface area contributed by atoms with Crippen molar-refractivity contribution in [2.45, 2.75) is 24.9 Å². The molecule has 0 radical (unpaired) electrons. The van der Waals surface area contributed by atoms with Gasteiger partial charge in [0.1, 0.15) is 0 Å². The summed E-state index contributed by atoms with van der Waals surface area (Å²) in [7, 11) is 0. The number of H-pyrrole nitrogens is 1. The van der Waals surface area contributed by atoms with Crippen LogP contribution in [0.3, 0.4) is 0 Å². The molecular weight excluding hydrogens is 348 g/mol. The van der Waals surface area contributed by atoms with Gasteiger partial charge in [-0.3, -0.25) is 4.79 Å². The Morgan fingerprint density at radius 1 is 1.15 bits per heavy atom. The van der Waals surface area contributed by atoms with E-state index in [4.69, 9.17) is 0 Å². The second-order valence-electron chi connectivity index (χ2n) is 6.10. The van der Waals surface area contributed by atoms with Gasteiger partial charge in [-0.05, 0) is 35.7 Å². The standard InChI is InChI=1S/C19H20N4O2S/c1-13(2)14-8-10-15(11-9-14)20-17(24)12-26-19-22-21-18(25)23(19)16-6-4-3-5-7-16/h3-11,13H,12H2,1-2H3,(H,20,24)(H,21,25). The molecule has 3 rings (SSSR count). The number of nitrogens with one attached hydrogen (secondary N) is 2. The van der Waals surface area contributed by atoms with Crippen molar-refractivity contribution in [3.8, 4) is 5.69 Å². The molecule has 0 aliphatic heterocycles. The summed E-state index contributed by atoms with van der Waals surface area (Å²) in [5.74, 6) is 0.454. The van der Waals surface area contributed by atoms with Crippen molar-refractivity contribution >= 4 is 23.4 Å². The van der Waals surface area contributed by atoms with E-state index < -0.39 is 0 Å². The zero-order valence-corrected chi connectivity index (χ0v) is 15.4. The van der Waals surface area contributed by atoms with E-state index in [1.54, 1.807) is 0 Å². The second-order valence-corrected chi connectivity index (χ2v) is 7.04. The van der Waals surface area contributed by atoms with E-state index in [2.05, 4.69) is 29.4 Å². The minimum absolute atomic E-state index is 0.151. The molecule has 1 aromatic heterocycles. The number of benzene rings is 2. The number of anilines is 1. The second kappa shape index (κ2) is 8.05. The van der Waals surface area contributed by atoms with E-state index in [1.807, 2.05) is 54.6 Å². The average Bonchev–Trinajstić information content (AvgIpc) is 3.02. The maximum Gasteiger partial charge on any atom is 0.348 e. The summed E-state index contributed by atoms with van der Waals surface area (Å²) in [6, 6.07) is 17.0. The Morgan fingerprint density at radius 3 is 2.50 bits per heavy atom. The number of para-hydroxylation sites is 1. The summed E-state index contributed by atoms with van der Waals surface area (Å²) in [6.45, 7) is 4.25. The largest absolute Gasteiger partial charge is 0.348 e. The molecule has 0 saturated carbocycles. The van der Waals surface area contributed by atoms with Gasteiger partial charge in [-0.25, -0.2) is 14.5 Å². The number of amides is 1. The molecule has 0 saturated heterocycles. The molecule has 6 nitrogen and oxygen atoms in total. The van der Waals surface area contributed by atoms with Crippen molar-refractivity contribution in [3.05, 3.63) is 70.6 Å². The Balaban J connectivity index is 1.64. The Bertz CT molecular complexity index is 930. The molecule has 134 valence electrons. The highest BCUT2D eigenvalue weighted by Crippen LogP contribution is 2.19. The minimum atomic E-state index is -0.330. The minimum Gasteiger partial charge on any atom is -0.325 e. The molecule has 0 spiro atoms. The maximum absolute atomic E-state index is 12.2. The van der Waals surface area contributed by atoms with Crippen molar-refractivity contribution in [2.75, 3.05) is 11.1 Å². The van der Waals surface area contributed by atoms with Crippen LogP contribution < -0.4 is 11.0 Å². The van der Waals surface area contributed by atoms with Crippen LogP contribution in [0.1, 0.15) is 25.3 Å². The molecule has 0 fully saturated rings. The maximum atomic E-state index is 12.2. The van der Waals surface area contributed by atoms with E-state index in [-0.39, 0.29) is 17.3 Å². The van der Waals surface area contributed by atoms with Crippen molar-refractivity contribution in [2.24, 2.45) is 0 Å². The quantitative estimate of drug-likeness (QED) is 0.654. The molecule has 2 N–H and O–H groups in total. The van der Waals surface area contributed by atoms with Crippen LogP contribution in [0.5, 0.6) is 0 Å². The molecule has 0 unspecified atom stereocenters. The Labute approximate surface area is 155 Å². The van der Waals surface area contributed by atoms with E-state index >= 15 is 0 Å². The molecule has 0 aliphatic rings. The van der Waals surface area contributed by atoms with Gasteiger partial charge in [-0.1, -0.05) is 55.9 Å². The van der Waals surface area contributed by atoms with Gasteiger partial charge >= 0.3 is 5.69 Å². The number of carbonyl (C=O) groups excluding carboxylic acids is 1. The first-order valence-corrected chi connectivity index (χ1v) is 9.28. The smallest absolute Gasteiger partial charge is 0.325 e. The number of aromatic amines is 1. The number of carbonyl (C=O) groups is 1. The summed E-state index contributed by atoms with van der Waals surface area (Å²) < 4.78 is 1.45. The molecular formula is C19H20N4O2S. The summed E-state index contributed by atoms with van der Waals surface area (Å²) in [4.78, 5) is 24.2. The Hall–Kier alpha value is -2.80. The topological polar surface area (TPSA) is 79.8 Å². The molecule has 0 bridgehead atoms. The predicted molar refractivity (Wildman–Crippen MR) is 104 cm³/mol. The number of nitrogens with zero attached hydrogens (tertiary/aromatic N) is 2. The third-order valence-electron chi connectivity index (χ3n) is 3.85. The van der Waals surface area contributed by atoms with Crippen LogP contribution in [0.25, 0.3) is 5.69 Å². The monoisotopic (exact) mass is 368 g/mol. The Morgan fingerprint density at radius 2 is 1.85 bits per heavy atom. The summed E-state index contributed by atoms with van der Waals surface area (Å²) in [5.41, 5.74) is 2.35. The van der Waals surface area contributed by atoms with Crippen LogP contribution in [0.15, 0.2) is 64.5 Å². The lowest BCUT2D eigenvalue weighted by Gasteiger charge is -2.08. The molecule has 1 heterocycles. The third-order valence-corrected chi connectivity index (χ3v) is 4.79. The van der Waals surface area contributed by atoms with Crippen LogP contribution in [0, 0.1) is 0 Å². The van der Waals surface area contributed by atoms with Crippen LogP contribution in [-0.2, 0) is 4.79 Å². The van der Waals surface area contributed by atoms with Gasteiger partial charge in [0.15, 0.2) is 5.16 Å². The van der Waals surface area contributed by atoms with Crippen LogP contribution >= 0.6 is 11.8 Å². The Kier molecular flexibility index (Phi) is 5.58. The molecule has 7 heteroatoms. The number of hydrogen-bond donors (Lipinski definition) is 2. The van der Waals surface area contributed by atoms with E-state index in [0.29, 0.717) is 16.8 Å². The number of aromatic nitrogens is 3. The van der Waals surface area contributed by atoms with E-state index in [1.165, 1.54) is 21.9 Å². The highest BCUT2D eigenvalue weighted by molar-refractivity contribution is 7.99. The van der Waals surface area contributed by atoms with Crippen LogP contribution in [-0.4, -0.2) is 26.4 Å². The zero-order valence-electron chi connectivity index (χ0n) is 14.6. The SMILES string of the molecule is CC(C)c1ccc(NC(=O)CSc2n[nH]c(=O)n2-c2ccccc2)cc1. The van der Waals surface area contributed by atoms with Crippen molar-refractivity contribution in [1.82, 2.24) is 14.8 Å². The highest BCUT2D eigenvalue weighted by Gasteiger charge is 2.13. The predicted octanol–water partition coefficient (Wildman–Crippen LogP) is 3.41. The average molecular weight is 368 g/mol. The molecule has 2 aromatic carbocycles. The summed E-state index contributed by atoms with van der Waals surface area (Å²) in [6.07, 6.45) is 0. The van der Waals surface area contributed by atoms with Gasteiger partial charge in [-0.2, -0.15) is 0 Å². The van der Waals surface area contributed by atoms with Gasteiger partial charge in [0.05, 0.1) is 11.4 Å². The van der Waals surface area contributed by atoms with Gasteiger partial charge in [0, 0.05) is 5.69 Å². The van der Waals surface area contributed by atoms with Crippen LogP contribution in [0.2, 0.25) is 0 Å². The van der Waals surface area contributed by atoms with Crippen molar-refractivity contribution in [1.29, 1.82) is 0 Å². The fourth-order valence-corrected chi connectivity index (χ4v) is 3.22. The number of hydrogen-bond acceptors (Lipinski definition) is 4. The highest BCUT2D eigenvalue weighted by atomic mass is 32.2. The van der Waals surface area contributed by atoms with Gasteiger partial charge < -0.3 is 5.32 Å². The van der Waals surface area contributed by atoms with Gasteiger partial charge in [0.25, 0.3) is 0 Å². The lowest BCUT2D eigenvalue weighted by molar-refractivity contribution is -0.113. The van der Waals surface area contributed by atoms with Gasteiger partial charge in [-0.15, -0.1) is 5.10 Å². The molecule has 0 aliphatic carbocycles. The third kappa shape index (κ3) is 4.23. The van der Waals surface area contributed by atoms with Crippen molar-refractivity contribution in [3.63, 3.8) is 0 Å².